The van der Waals surface area contributed by atoms with Crippen LogP contribution in [0.3, 0.4) is 0 Å². The number of hydrogen-bond donors (Lipinski definition) is 0. The molecular weight excluding hydrogens is 366 g/mol. The van der Waals surface area contributed by atoms with Crippen LogP contribution in [0.5, 0.6) is 0 Å². The van der Waals surface area contributed by atoms with Crippen LogP contribution in [0.4, 0.5) is 0 Å². The number of rotatable bonds is 3. The molecule has 6 nitrogen and oxygen atoms in total. The van der Waals surface area contributed by atoms with Crippen LogP contribution < -0.4 is 0 Å². The van der Waals surface area contributed by atoms with E-state index in [0.717, 1.165) is 16.7 Å². The van der Waals surface area contributed by atoms with E-state index in [1.807, 2.05) is 62.4 Å². The topological polar surface area (TPSA) is 66.7 Å². The van der Waals surface area contributed by atoms with E-state index >= 15 is 0 Å². The zero-order valence-corrected chi connectivity index (χ0v) is 16.6. The number of piperazine rings is 1. The summed E-state index contributed by atoms with van der Waals surface area (Å²) in [6, 6.07) is 17.1. The Kier molecular flexibility index (Phi) is 5.16. The van der Waals surface area contributed by atoms with Crippen LogP contribution in [0.1, 0.15) is 32.0 Å². The van der Waals surface area contributed by atoms with Crippen LogP contribution in [0.25, 0.3) is 11.3 Å². The van der Waals surface area contributed by atoms with E-state index in [-0.39, 0.29) is 17.6 Å². The van der Waals surface area contributed by atoms with Crippen molar-refractivity contribution in [2.45, 2.75) is 13.8 Å². The van der Waals surface area contributed by atoms with Gasteiger partial charge in [0.2, 0.25) is 5.76 Å². The highest BCUT2D eigenvalue weighted by molar-refractivity contribution is 5.95. The van der Waals surface area contributed by atoms with Crippen molar-refractivity contribution in [3.05, 3.63) is 77.0 Å². The Labute approximate surface area is 169 Å². The van der Waals surface area contributed by atoms with Gasteiger partial charge in [-0.2, -0.15) is 0 Å². The summed E-state index contributed by atoms with van der Waals surface area (Å²) in [6.45, 7) is 5.94. The van der Waals surface area contributed by atoms with E-state index < -0.39 is 0 Å². The van der Waals surface area contributed by atoms with Crippen LogP contribution in [0.2, 0.25) is 0 Å². The molecule has 1 fully saturated rings. The zero-order chi connectivity index (χ0) is 20.4. The van der Waals surface area contributed by atoms with Gasteiger partial charge in [-0.15, -0.1) is 0 Å². The smallest absolute Gasteiger partial charge is 0.292 e. The zero-order valence-electron chi connectivity index (χ0n) is 16.6. The maximum absolute atomic E-state index is 12.8. The molecule has 0 radical (unpaired) electrons. The summed E-state index contributed by atoms with van der Waals surface area (Å²) in [4.78, 5) is 28.9. The number of amides is 2. The van der Waals surface area contributed by atoms with Crippen LogP contribution in [-0.4, -0.2) is 52.9 Å². The van der Waals surface area contributed by atoms with Gasteiger partial charge in [0, 0.05) is 43.4 Å². The van der Waals surface area contributed by atoms with E-state index in [2.05, 4.69) is 5.16 Å². The summed E-state index contributed by atoms with van der Waals surface area (Å²) in [6.07, 6.45) is 0. The van der Waals surface area contributed by atoms with Gasteiger partial charge in [-0.05, 0) is 26.0 Å². The first-order chi connectivity index (χ1) is 14.0. The third-order valence-corrected chi connectivity index (χ3v) is 5.22. The van der Waals surface area contributed by atoms with Crippen LogP contribution in [0.15, 0.2) is 59.1 Å². The van der Waals surface area contributed by atoms with Gasteiger partial charge in [-0.1, -0.05) is 52.7 Å². The second kappa shape index (κ2) is 7.91. The second-order valence-corrected chi connectivity index (χ2v) is 7.39. The molecule has 0 atom stereocenters. The molecule has 1 aliphatic rings. The predicted octanol–water partition coefficient (Wildman–Crippen LogP) is 3.56. The summed E-state index contributed by atoms with van der Waals surface area (Å²) in [7, 11) is 0. The lowest BCUT2D eigenvalue weighted by Crippen LogP contribution is -2.50. The van der Waals surface area contributed by atoms with Crippen molar-refractivity contribution >= 4 is 11.8 Å². The molecule has 2 heterocycles. The number of carbonyl (C=O) groups is 2. The third-order valence-electron chi connectivity index (χ3n) is 5.22. The maximum atomic E-state index is 12.8. The molecule has 0 spiro atoms. The summed E-state index contributed by atoms with van der Waals surface area (Å²) >= 11 is 0. The first kappa shape index (κ1) is 18.9. The summed E-state index contributed by atoms with van der Waals surface area (Å²) < 4.78 is 5.30. The van der Waals surface area contributed by atoms with Crippen molar-refractivity contribution in [3.63, 3.8) is 0 Å². The molecule has 0 aliphatic carbocycles. The fraction of sp³-hybridized carbons (Fsp3) is 0.261. The molecule has 0 bridgehead atoms. The SMILES string of the molecule is Cc1ccc(C(=O)N2CCN(C(=O)c3cc(-c4ccc(C)cc4)no3)CC2)cc1. The van der Waals surface area contributed by atoms with E-state index in [4.69, 9.17) is 4.52 Å². The molecule has 1 aromatic heterocycles. The number of carbonyl (C=O) groups excluding carboxylic acids is 2. The average Bonchev–Trinajstić information content (AvgIpc) is 3.24. The number of hydrogen-bond acceptors (Lipinski definition) is 4. The highest BCUT2D eigenvalue weighted by Crippen LogP contribution is 2.21. The largest absolute Gasteiger partial charge is 0.350 e. The lowest BCUT2D eigenvalue weighted by atomic mass is 10.1. The summed E-state index contributed by atoms with van der Waals surface area (Å²) in [5.74, 6) is 0.0237. The fourth-order valence-electron chi connectivity index (χ4n) is 3.38. The Morgan fingerprint density at radius 2 is 1.31 bits per heavy atom. The molecule has 4 rings (SSSR count). The van der Waals surface area contributed by atoms with Crippen LogP contribution in [0, 0.1) is 13.8 Å². The van der Waals surface area contributed by atoms with Crippen molar-refractivity contribution in [2.75, 3.05) is 26.2 Å². The monoisotopic (exact) mass is 389 g/mol. The van der Waals surface area contributed by atoms with Crippen molar-refractivity contribution in [3.8, 4) is 11.3 Å². The molecule has 0 unspecified atom stereocenters. The maximum Gasteiger partial charge on any atom is 0.292 e. The molecule has 1 saturated heterocycles. The Hall–Kier alpha value is -3.41. The van der Waals surface area contributed by atoms with Gasteiger partial charge in [0.05, 0.1) is 0 Å². The van der Waals surface area contributed by atoms with Crippen molar-refractivity contribution in [1.82, 2.24) is 15.0 Å². The Morgan fingerprint density at radius 3 is 1.90 bits per heavy atom. The van der Waals surface area contributed by atoms with Crippen molar-refractivity contribution < 1.29 is 14.1 Å². The van der Waals surface area contributed by atoms with E-state index in [0.29, 0.717) is 37.4 Å². The first-order valence-electron chi connectivity index (χ1n) is 9.70. The van der Waals surface area contributed by atoms with Gasteiger partial charge in [0.15, 0.2) is 0 Å². The third kappa shape index (κ3) is 4.06. The molecule has 2 amide bonds. The Bertz CT molecular complexity index is 1010. The molecule has 1 aliphatic heterocycles. The van der Waals surface area contributed by atoms with Gasteiger partial charge < -0.3 is 14.3 Å². The van der Waals surface area contributed by atoms with E-state index in [1.165, 1.54) is 0 Å². The quantitative estimate of drug-likeness (QED) is 0.687. The number of nitrogens with zero attached hydrogens (tertiary/aromatic N) is 3. The van der Waals surface area contributed by atoms with E-state index in [1.54, 1.807) is 15.9 Å². The van der Waals surface area contributed by atoms with Crippen LogP contribution in [-0.2, 0) is 0 Å². The lowest BCUT2D eigenvalue weighted by Gasteiger charge is -2.34. The Morgan fingerprint density at radius 1 is 0.793 bits per heavy atom. The van der Waals surface area contributed by atoms with Crippen molar-refractivity contribution in [1.29, 1.82) is 0 Å². The average molecular weight is 389 g/mol. The number of benzene rings is 2. The van der Waals surface area contributed by atoms with Crippen molar-refractivity contribution in [2.24, 2.45) is 0 Å². The van der Waals surface area contributed by atoms with Gasteiger partial charge in [-0.25, -0.2) is 0 Å². The molecular formula is C23H23N3O3. The molecule has 0 saturated carbocycles. The standard InChI is InChI=1S/C23H23N3O3/c1-16-3-7-18(8-4-16)20-15-21(29-24-20)23(28)26-13-11-25(12-14-26)22(27)19-9-5-17(2)6-10-19/h3-10,15H,11-14H2,1-2H3. The Balaban J connectivity index is 1.38. The summed E-state index contributed by atoms with van der Waals surface area (Å²) in [5, 5.41) is 4.03. The molecule has 148 valence electrons. The molecule has 6 heteroatoms. The minimum atomic E-state index is -0.196. The van der Waals surface area contributed by atoms with Gasteiger partial charge in [-0.3, -0.25) is 9.59 Å². The van der Waals surface area contributed by atoms with Gasteiger partial charge in [0.25, 0.3) is 11.8 Å². The molecule has 29 heavy (non-hydrogen) atoms. The number of aromatic nitrogens is 1. The normalized spacial score (nSPS) is 14.1. The lowest BCUT2D eigenvalue weighted by molar-refractivity contribution is 0.0513. The highest BCUT2D eigenvalue weighted by atomic mass is 16.5. The molecule has 0 N–H and O–H groups in total. The first-order valence-corrected chi connectivity index (χ1v) is 9.70. The predicted molar refractivity (Wildman–Crippen MR) is 110 cm³/mol. The molecule has 2 aromatic carbocycles. The second-order valence-electron chi connectivity index (χ2n) is 7.39. The van der Waals surface area contributed by atoms with E-state index in [9.17, 15) is 9.59 Å². The van der Waals surface area contributed by atoms with Gasteiger partial charge >= 0.3 is 0 Å². The fourth-order valence-corrected chi connectivity index (χ4v) is 3.38. The van der Waals surface area contributed by atoms with Gasteiger partial charge in [0.1, 0.15) is 5.69 Å². The molecule has 3 aromatic rings. The minimum Gasteiger partial charge on any atom is -0.350 e. The number of aryl methyl sites for hydroxylation is 2. The minimum absolute atomic E-state index is 0.00146. The van der Waals surface area contributed by atoms with Crippen LogP contribution >= 0.6 is 0 Å². The summed E-state index contributed by atoms with van der Waals surface area (Å²) in [5.41, 5.74) is 4.50. The highest BCUT2D eigenvalue weighted by Gasteiger charge is 2.27.